The van der Waals surface area contributed by atoms with E-state index in [-0.39, 0.29) is 22.4 Å². The van der Waals surface area contributed by atoms with Crippen LogP contribution in [-0.4, -0.2) is 52.6 Å². The lowest BCUT2D eigenvalue weighted by Gasteiger charge is -2.27. The van der Waals surface area contributed by atoms with Gasteiger partial charge in [-0.15, -0.1) is 0 Å². The summed E-state index contributed by atoms with van der Waals surface area (Å²) in [7, 11) is -2.38. The summed E-state index contributed by atoms with van der Waals surface area (Å²) in [6.07, 6.45) is 5.12. The summed E-state index contributed by atoms with van der Waals surface area (Å²) in [5, 5.41) is 0. The van der Waals surface area contributed by atoms with Gasteiger partial charge in [-0.3, -0.25) is 4.79 Å². The SMILES string of the molecule is CC[C@H](NS(=O)(=O)c1ccc(OC)c(C(=O)N2CCOCC2)c1)c1ccc2c(c1)CCCC2. The number of ether oxygens (including phenoxy) is 2. The van der Waals surface area contributed by atoms with Gasteiger partial charge in [0.25, 0.3) is 5.91 Å². The van der Waals surface area contributed by atoms with Crippen LogP contribution in [0.5, 0.6) is 5.75 Å². The molecule has 2 aromatic carbocycles. The molecule has 2 aromatic rings. The summed E-state index contributed by atoms with van der Waals surface area (Å²) in [6, 6.07) is 10.4. The molecule has 0 saturated carbocycles. The number of carbonyl (C=O) groups excluding carboxylic acids is 1. The van der Waals surface area contributed by atoms with Crippen molar-refractivity contribution in [1.82, 2.24) is 9.62 Å². The van der Waals surface area contributed by atoms with Crippen LogP contribution in [0.1, 0.15) is 59.3 Å². The second kappa shape index (κ2) is 10.2. The monoisotopic (exact) mass is 472 g/mol. The van der Waals surface area contributed by atoms with Crippen LogP contribution in [0.15, 0.2) is 41.3 Å². The highest BCUT2D eigenvalue weighted by Gasteiger charge is 2.26. The van der Waals surface area contributed by atoms with E-state index in [1.807, 2.05) is 13.0 Å². The average molecular weight is 473 g/mol. The van der Waals surface area contributed by atoms with E-state index >= 15 is 0 Å². The minimum Gasteiger partial charge on any atom is -0.496 e. The van der Waals surface area contributed by atoms with Gasteiger partial charge in [0.15, 0.2) is 0 Å². The summed E-state index contributed by atoms with van der Waals surface area (Å²) in [5.41, 5.74) is 3.90. The Bertz CT molecular complexity index is 1110. The quantitative estimate of drug-likeness (QED) is 0.667. The van der Waals surface area contributed by atoms with Crippen molar-refractivity contribution in [1.29, 1.82) is 0 Å². The zero-order chi connectivity index (χ0) is 23.4. The molecule has 4 rings (SSSR count). The molecule has 7 nitrogen and oxygen atoms in total. The van der Waals surface area contributed by atoms with E-state index in [9.17, 15) is 13.2 Å². The second-order valence-electron chi connectivity index (χ2n) is 8.58. The van der Waals surface area contributed by atoms with Crippen LogP contribution in [0.25, 0.3) is 0 Å². The van der Waals surface area contributed by atoms with Gasteiger partial charge in [-0.05, 0) is 67.0 Å². The first-order valence-corrected chi connectivity index (χ1v) is 13.1. The maximum absolute atomic E-state index is 13.3. The maximum Gasteiger partial charge on any atom is 0.257 e. The number of nitrogens with zero attached hydrogens (tertiary/aromatic N) is 1. The number of fused-ring (bicyclic) bond motifs is 1. The molecule has 0 bridgehead atoms. The van der Waals surface area contributed by atoms with Crippen molar-refractivity contribution in [2.45, 2.75) is 50.0 Å². The largest absolute Gasteiger partial charge is 0.496 e. The van der Waals surface area contributed by atoms with Crippen molar-refractivity contribution < 1.29 is 22.7 Å². The highest BCUT2D eigenvalue weighted by molar-refractivity contribution is 7.89. The number of hydrogen-bond acceptors (Lipinski definition) is 5. The first-order valence-electron chi connectivity index (χ1n) is 11.6. The van der Waals surface area contributed by atoms with E-state index in [0.29, 0.717) is 38.5 Å². The van der Waals surface area contributed by atoms with Crippen molar-refractivity contribution in [2.24, 2.45) is 0 Å². The molecule has 0 aromatic heterocycles. The third kappa shape index (κ3) is 5.23. The lowest BCUT2D eigenvalue weighted by molar-refractivity contribution is 0.0300. The van der Waals surface area contributed by atoms with E-state index in [1.165, 1.54) is 43.2 Å². The Morgan fingerprint density at radius 1 is 1.09 bits per heavy atom. The van der Waals surface area contributed by atoms with E-state index in [2.05, 4.69) is 16.9 Å². The Labute approximate surface area is 196 Å². The molecule has 1 saturated heterocycles. The average Bonchev–Trinajstić information content (AvgIpc) is 2.86. The number of aryl methyl sites for hydroxylation is 2. The minimum atomic E-state index is -3.85. The number of nitrogens with one attached hydrogen (secondary N) is 1. The molecular weight excluding hydrogens is 440 g/mol. The van der Waals surface area contributed by atoms with E-state index in [4.69, 9.17) is 9.47 Å². The topological polar surface area (TPSA) is 84.9 Å². The second-order valence-corrected chi connectivity index (χ2v) is 10.3. The number of carbonyl (C=O) groups is 1. The molecule has 1 aliphatic heterocycles. The highest BCUT2D eigenvalue weighted by atomic mass is 32.2. The molecule has 1 N–H and O–H groups in total. The van der Waals surface area contributed by atoms with Gasteiger partial charge in [-0.1, -0.05) is 25.1 Å². The van der Waals surface area contributed by atoms with Crippen molar-refractivity contribution >= 4 is 15.9 Å². The molecular formula is C25H32N2O5S. The standard InChI is InChI=1S/C25H32N2O5S/c1-3-23(20-9-8-18-6-4-5-7-19(18)16-20)26-33(29,30)21-10-11-24(31-2)22(17-21)25(28)27-12-14-32-15-13-27/h8-11,16-17,23,26H,3-7,12-15H2,1-2H3/t23-/m0/s1. The number of sulfonamides is 1. The maximum atomic E-state index is 13.3. The third-order valence-corrected chi connectivity index (χ3v) is 7.96. The van der Waals surface area contributed by atoms with Crippen molar-refractivity contribution in [3.8, 4) is 5.75 Å². The van der Waals surface area contributed by atoms with Crippen LogP contribution in [0.3, 0.4) is 0 Å². The Kier molecular flexibility index (Phi) is 7.36. The van der Waals surface area contributed by atoms with Gasteiger partial charge in [0.2, 0.25) is 10.0 Å². The highest BCUT2D eigenvalue weighted by Crippen LogP contribution is 2.29. The fourth-order valence-corrected chi connectivity index (χ4v) is 5.90. The number of morpholine rings is 1. The molecule has 0 radical (unpaired) electrons. The Balaban J connectivity index is 1.60. The number of amides is 1. The minimum absolute atomic E-state index is 0.0521. The van der Waals surface area contributed by atoms with Crippen molar-refractivity contribution in [3.63, 3.8) is 0 Å². The molecule has 178 valence electrons. The Hall–Kier alpha value is -2.42. The molecule has 1 aliphatic carbocycles. The first-order chi connectivity index (χ1) is 15.9. The van der Waals surface area contributed by atoms with Gasteiger partial charge in [-0.2, -0.15) is 0 Å². The predicted molar refractivity (Wildman–Crippen MR) is 126 cm³/mol. The Morgan fingerprint density at radius 3 is 2.52 bits per heavy atom. The van der Waals surface area contributed by atoms with Crippen molar-refractivity contribution in [2.75, 3.05) is 33.4 Å². The molecule has 2 aliphatic rings. The van der Waals surface area contributed by atoms with E-state index in [0.717, 1.165) is 18.4 Å². The zero-order valence-electron chi connectivity index (χ0n) is 19.3. The summed E-state index contributed by atoms with van der Waals surface area (Å²) >= 11 is 0. The van der Waals surface area contributed by atoms with Crippen LogP contribution in [0, 0.1) is 0 Å². The summed E-state index contributed by atoms with van der Waals surface area (Å²) in [5.74, 6) is 0.0982. The van der Waals surface area contributed by atoms with Crippen LogP contribution in [0.2, 0.25) is 0 Å². The van der Waals surface area contributed by atoms with Crippen molar-refractivity contribution in [3.05, 3.63) is 58.7 Å². The lowest BCUT2D eigenvalue weighted by atomic mass is 9.89. The predicted octanol–water partition coefficient (Wildman–Crippen LogP) is 3.48. The van der Waals surface area contributed by atoms with Crippen LogP contribution < -0.4 is 9.46 Å². The molecule has 8 heteroatoms. The normalized spacial score (nSPS) is 17.3. The zero-order valence-corrected chi connectivity index (χ0v) is 20.1. The number of rotatable bonds is 7. The molecule has 1 amide bonds. The number of methoxy groups -OCH3 is 1. The molecule has 0 unspecified atom stereocenters. The first kappa shape index (κ1) is 23.7. The number of benzene rings is 2. The van der Waals surface area contributed by atoms with Gasteiger partial charge in [0, 0.05) is 19.1 Å². The lowest BCUT2D eigenvalue weighted by Crippen LogP contribution is -2.40. The fraction of sp³-hybridized carbons (Fsp3) is 0.480. The summed E-state index contributed by atoms with van der Waals surface area (Å²) in [6.45, 7) is 3.83. The smallest absolute Gasteiger partial charge is 0.257 e. The van der Waals surface area contributed by atoms with Gasteiger partial charge in [0.1, 0.15) is 5.75 Å². The van der Waals surface area contributed by atoms with Crippen LogP contribution in [0.4, 0.5) is 0 Å². The molecule has 1 atom stereocenters. The number of hydrogen-bond donors (Lipinski definition) is 1. The van der Waals surface area contributed by atoms with Crippen LogP contribution in [-0.2, 0) is 27.6 Å². The van der Waals surface area contributed by atoms with E-state index in [1.54, 1.807) is 11.0 Å². The van der Waals surface area contributed by atoms with Gasteiger partial charge >= 0.3 is 0 Å². The molecule has 33 heavy (non-hydrogen) atoms. The van der Waals surface area contributed by atoms with E-state index < -0.39 is 10.0 Å². The van der Waals surface area contributed by atoms with Gasteiger partial charge < -0.3 is 14.4 Å². The fourth-order valence-electron chi connectivity index (χ4n) is 4.57. The van der Waals surface area contributed by atoms with Gasteiger partial charge in [-0.25, -0.2) is 13.1 Å². The van der Waals surface area contributed by atoms with Crippen LogP contribution >= 0.6 is 0 Å². The third-order valence-electron chi connectivity index (χ3n) is 6.49. The Morgan fingerprint density at radius 2 is 1.82 bits per heavy atom. The molecule has 1 heterocycles. The molecule has 1 fully saturated rings. The summed E-state index contributed by atoms with van der Waals surface area (Å²) in [4.78, 5) is 14.8. The molecule has 0 spiro atoms. The van der Waals surface area contributed by atoms with Gasteiger partial charge in [0.05, 0.1) is 30.8 Å². The summed E-state index contributed by atoms with van der Waals surface area (Å²) < 4.78 is 40.2.